The largest absolute Gasteiger partial charge is 0.376 e. The fraction of sp³-hybridized carbons (Fsp3) is 0.889. The molecule has 4 atom stereocenters. The summed E-state index contributed by atoms with van der Waals surface area (Å²) in [6.45, 7) is 4.70. The highest BCUT2D eigenvalue weighted by Crippen LogP contribution is 2.28. The van der Waals surface area contributed by atoms with E-state index in [4.69, 9.17) is 4.74 Å². The minimum absolute atomic E-state index is 0.0796. The van der Waals surface area contributed by atoms with Crippen molar-refractivity contribution in [3.63, 3.8) is 0 Å². The molecule has 24 heavy (non-hydrogen) atoms. The number of ether oxygens (including phenoxy) is 1. The van der Waals surface area contributed by atoms with Crippen molar-refractivity contribution < 1.29 is 14.3 Å². The number of likely N-dealkylation sites (tertiary alicyclic amines) is 1. The van der Waals surface area contributed by atoms with Gasteiger partial charge in [-0.05, 0) is 51.4 Å². The maximum atomic E-state index is 12.5. The van der Waals surface area contributed by atoms with Crippen molar-refractivity contribution in [3.05, 3.63) is 0 Å². The number of rotatable bonds is 5. The van der Waals surface area contributed by atoms with Crippen LogP contribution in [0.4, 0.5) is 4.79 Å². The van der Waals surface area contributed by atoms with E-state index < -0.39 is 0 Å². The summed E-state index contributed by atoms with van der Waals surface area (Å²) in [6, 6.07) is 0.0797. The third-order valence-electron chi connectivity index (χ3n) is 5.70. The molecule has 0 bridgehead atoms. The molecule has 0 aromatic heterocycles. The molecule has 0 spiro atoms. The molecule has 0 radical (unpaired) electrons. The molecule has 0 unspecified atom stereocenters. The van der Waals surface area contributed by atoms with E-state index in [1.54, 1.807) is 0 Å². The molecule has 136 valence electrons. The molecule has 2 heterocycles. The van der Waals surface area contributed by atoms with Crippen molar-refractivity contribution in [2.75, 3.05) is 19.7 Å². The predicted molar refractivity (Wildman–Crippen MR) is 91.7 cm³/mol. The van der Waals surface area contributed by atoms with Gasteiger partial charge in [0.15, 0.2) is 0 Å². The van der Waals surface area contributed by atoms with Crippen LogP contribution in [0.3, 0.4) is 0 Å². The molecular weight excluding hydrogens is 306 g/mol. The van der Waals surface area contributed by atoms with Crippen molar-refractivity contribution in [2.45, 2.75) is 76.5 Å². The first kappa shape index (κ1) is 17.5. The van der Waals surface area contributed by atoms with Crippen LogP contribution in [0, 0.1) is 5.92 Å². The Balaban J connectivity index is 1.42. The van der Waals surface area contributed by atoms with Gasteiger partial charge in [0.2, 0.25) is 5.91 Å². The van der Waals surface area contributed by atoms with Gasteiger partial charge in [-0.25, -0.2) is 4.79 Å². The zero-order chi connectivity index (χ0) is 16.9. The highest BCUT2D eigenvalue weighted by Gasteiger charge is 2.34. The van der Waals surface area contributed by atoms with E-state index in [1.165, 1.54) is 0 Å². The van der Waals surface area contributed by atoms with Gasteiger partial charge in [-0.2, -0.15) is 0 Å². The van der Waals surface area contributed by atoms with E-state index in [1.807, 2.05) is 4.90 Å². The second-order valence-electron chi connectivity index (χ2n) is 7.42. The van der Waals surface area contributed by atoms with Gasteiger partial charge in [0.25, 0.3) is 0 Å². The first-order valence-corrected chi connectivity index (χ1v) is 9.64. The summed E-state index contributed by atoms with van der Waals surface area (Å²) in [7, 11) is 0. The molecule has 6 heteroatoms. The van der Waals surface area contributed by atoms with E-state index >= 15 is 0 Å². The lowest BCUT2D eigenvalue weighted by Crippen LogP contribution is -2.49. The first-order valence-electron chi connectivity index (χ1n) is 9.64. The van der Waals surface area contributed by atoms with Crippen LogP contribution in [-0.4, -0.2) is 54.7 Å². The van der Waals surface area contributed by atoms with E-state index in [0.29, 0.717) is 5.91 Å². The molecule has 6 nitrogen and oxygen atoms in total. The molecule has 2 saturated heterocycles. The second kappa shape index (κ2) is 8.19. The van der Waals surface area contributed by atoms with Crippen LogP contribution >= 0.6 is 0 Å². The summed E-state index contributed by atoms with van der Waals surface area (Å²) in [4.78, 5) is 26.7. The highest BCUT2D eigenvalue weighted by molar-refractivity contribution is 5.80. The van der Waals surface area contributed by atoms with Gasteiger partial charge >= 0.3 is 6.03 Å². The molecule has 3 fully saturated rings. The topological polar surface area (TPSA) is 70.7 Å². The van der Waals surface area contributed by atoms with Gasteiger partial charge < -0.3 is 20.3 Å². The van der Waals surface area contributed by atoms with Crippen molar-refractivity contribution >= 4 is 11.9 Å². The van der Waals surface area contributed by atoms with Crippen LogP contribution in [0.25, 0.3) is 0 Å². The molecule has 0 aromatic carbocycles. The molecule has 3 rings (SSSR count). The van der Waals surface area contributed by atoms with E-state index in [2.05, 4.69) is 17.6 Å². The van der Waals surface area contributed by atoms with Gasteiger partial charge in [-0.1, -0.05) is 6.92 Å². The number of carbonyl (C=O) groups is 2. The maximum Gasteiger partial charge on any atom is 0.315 e. The van der Waals surface area contributed by atoms with E-state index in [0.717, 1.165) is 71.1 Å². The number of nitrogens with zero attached hydrogens (tertiary/aromatic N) is 1. The third-order valence-corrected chi connectivity index (χ3v) is 5.70. The van der Waals surface area contributed by atoms with Crippen LogP contribution in [-0.2, 0) is 9.53 Å². The highest BCUT2D eigenvalue weighted by atomic mass is 16.5. The average Bonchev–Trinajstić information content (AvgIpc) is 3.33. The van der Waals surface area contributed by atoms with Crippen LogP contribution in [0.2, 0.25) is 0 Å². The zero-order valence-electron chi connectivity index (χ0n) is 14.8. The van der Waals surface area contributed by atoms with E-state index in [9.17, 15) is 9.59 Å². The summed E-state index contributed by atoms with van der Waals surface area (Å²) in [5, 5.41) is 6.13. The number of hydrogen-bond donors (Lipinski definition) is 2. The molecule has 1 aliphatic carbocycles. The first-order chi connectivity index (χ1) is 11.7. The van der Waals surface area contributed by atoms with Crippen molar-refractivity contribution in [2.24, 2.45) is 5.92 Å². The number of urea groups is 1. The lowest BCUT2D eigenvalue weighted by Gasteiger charge is -2.24. The van der Waals surface area contributed by atoms with E-state index in [-0.39, 0.29) is 30.1 Å². The quantitative estimate of drug-likeness (QED) is 0.806. The lowest BCUT2D eigenvalue weighted by molar-refractivity contribution is -0.134. The van der Waals surface area contributed by atoms with Gasteiger partial charge in [-0.3, -0.25) is 4.79 Å². The summed E-state index contributed by atoms with van der Waals surface area (Å²) < 4.78 is 5.69. The Hall–Kier alpha value is -1.30. The number of carbonyl (C=O) groups excluding carboxylic acids is 2. The fourth-order valence-corrected chi connectivity index (χ4v) is 4.31. The van der Waals surface area contributed by atoms with Gasteiger partial charge in [0.05, 0.1) is 12.1 Å². The maximum absolute atomic E-state index is 12.5. The molecule has 3 amide bonds. The van der Waals surface area contributed by atoms with Crippen molar-refractivity contribution in [3.8, 4) is 0 Å². The normalized spacial score (nSPS) is 31.2. The Morgan fingerprint density at radius 3 is 2.62 bits per heavy atom. The second-order valence-corrected chi connectivity index (χ2v) is 7.42. The fourth-order valence-electron chi connectivity index (χ4n) is 4.31. The van der Waals surface area contributed by atoms with Crippen LogP contribution in [0.5, 0.6) is 0 Å². The van der Waals surface area contributed by atoms with Crippen molar-refractivity contribution in [1.82, 2.24) is 15.5 Å². The van der Waals surface area contributed by atoms with Gasteiger partial charge in [-0.15, -0.1) is 0 Å². The molecule has 1 saturated carbocycles. The molecule has 0 aromatic rings. The predicted octanol–water partition coefficient (Wildman–Crippen LogP) is 2.03. The van der Waals surface area contributed by atoms with Gasteiger partial charge in [0, 0.05) is 31.7 Å². The monoisotopic (exact) mass is 337 g/mol. The average molecular weight is 337 g/mol. The molecule has 2 N–H and O–H groups in total. The number of nitrogens with one attached hydrogen (secondary N) is 2. The smallest absolute Gasteiger partial charge is 0.315 e. The summed E-state index contributed by atoms with van der Waals surface area (Å²) >= 11 is 0. The summed E-state index contributed by atoms with van der Waals surface area (Å²) in [6.07, 6.45) is 7.94. The zero-order valence-corrected chi connectivity index (χ0v) is 14.8. The third kappa shape index (κ3) is 4.21. The SMILES string of the molecule is CC[C@@H](NC(=O)N[C@H]1CC[C@@H](C(=O)N2CCCC2)C1)[C@@H]1CCCO1. The molecule has 2 aliphatic heterocycles. The Bertz CT molecular complexity index is 445. The summed E-state index contributed by atoms with van der Waals surface area (Å²) in [5.41, 5.74) is 0. The summed E-state index contributed by atoms with van der Waals surface area (Å²) in [5.74, 6) is 0.386. The standard InChI is InChI=1S/C18H31N3O3/c1-2-15(16-6-5-11-24-16)20-18(23)19-14-8-7-13(12-14)17(22)21-9-3-4-10-21/h13-16H,2-12H2,1H3,(H2,19,20,23)/t13-,14+,15-,16+/m1/s1. The Morgan fingerprint density at radius 1 is 1.17 bits per heavy atom. The Morgan fingerprint density at radius 2 is 1.96 bits per heavy atom. The Labute approximate surface area is 144 Å². The number of hydrogen-bond acceptors (Lipinski definition) is 3. The van der Waals surface area contributed by atoms with Crippen molar-refractivity contribution in [1.29, 1.82) is 0 Å². The minimum atomic E-state index is -0.114. The van der Waals surface area contributed by atoms with Crippen LogP contribution in [0.15, 0.2) is 0 Å². The molecular formula is C18H31N3O3. The Kier molecular flexibility index (Phi) is 5.98. The van der Waals surface area contributed by atoms with Gasteiger partial charge in [0.1, 0.15) is 0 Å². The lowest BCUT2D eigenvalue weighted by atomic mass is 10.1. The number of amides is 3. The minimum Gasteiger partial charge on any atom is -0.376 e. The van der Waals surface area contributed by atoms with Crippen LogP contribution < -0.4 is 10.6 Å². The van der Waals surface area contributed by atoms with Crippen LogP contribution in [0.1, 0.15) is 58.3 Å². The molecule has 3 aliphatic rings.